The molecule has 0 aliphatic carbocycles. The maximum absolute atomic E-state index is 13.3. The highest BCUT2D eigenvalue weighted by molar-refractivity contribution is 5.93. The molecular formula is C27H26F3N3O5. The Bertz CT molecular complexity index is 1350. The van der Waals surface area contributed by atoms with Gasteiger partial charge in [-0.05, 0) is 42.5 Å². The number of nitrogens with zero attached hydrogens (tertiary/aromatic N) is 2. The minimum absolute atomic E-state index is 0.256. The highest BCUT2D eigenvalue weighted by Crippen LogP contribution is 2.38. The summed E-state index contributed by atoms with van der Waals surface area (Å²) in [5.74, 6) is 1.50. The molecule has 8 nitrogen and oxygen atoms in total. The van der Waals surface area contributed by atoms with Gasteiger partial charge in [0.1, 0.15) is 36.9 Å². The fraction of sp³-hybridized carbons (Fsp3) is 0.259. The van der Waals surface area contributed by atoms with Crippen LogP contribution in [0.3, 0.4) is 0 Å². The predicted molar refractivity (Wildman–Crippen MR) is 136 cm³/mol. The third-order valence-corrected chi connectivity index (χ3v) is 5.33. The molecule has 0 fully saturated rings. The molecule has 4 aromatic rings. The van der Waals surface area contributed by atoms with E-state index in [2.05, 4.69) is 15.3 Å². The zero-order valence-electron chi connectivity index (χ0n) is 20.7. The molecular weight excluding hydrogens is 503 g/mol. The monoisotopic (exact) mass is 529 g/mol. The van der Waals surface area contributed by atoms with E-state index in [1.165, 1.54) is 24.5 Å². The molecule has 1 aromatic heterocycles. The Morgan fingerprint density at radius 3 is 2.08 bits per heavy atom. The Morgan fingerprint density at radius 2 is 1.42 bits per heavy atom. The van der Waals surface area contributed by atoms with Crippen molar-refractivity contribution >= 4 is 22.4 Å². The van der Waals surface area contributed by atoms with Crippen molar-refractivity contribution in [2.24, 2.45) is 0 Å². The number of methoxy groups -OCH3 is 2. The molecule has 0 amide bonds. The molecule has 0 aliphatic rings. The summed E-state index contributed by atoms with van der Waals surface area (Å²) < 4.78 is 67.1. The molecule has 200 valence electrons. The number of rotatable bonds is 12. The molecule has 3 aromatic carbocycles. The van der Waals surface area contributed by atoms with E-state index in [4.69, 9.17) is 23.7 Å². The lowest BCUT2D eigenvalue weighted by molar-refractivity contribution is -0.138. The molecule has 4 rings (SSSR count). The molecule has 0 bridgehead atoms. The van der Waals surface area contributed by atoms with Crippen LogP contribution in [-0.2, 0) is 15.7 Å². The molecule has 1 N–H and O–H groups in total. The van der Waals surface area contributed by atoms with Gasteiger partial charge in [-0.15, -0.1) is 0 Å². The van der Waals surface area contributed by atoms with Gasteiger partial charge >= 0.3 is 6.18 Å². The topological polar surface area (TPSA) is 84.0 Å². The van der Waals surface area contributed by atoms with Crippen molar-refractivity contribution in [1.82, 2.24) is 9.97 Å². The average molecular weight is 530 g/mol. The molecule has 0 aliphatic heterocycles. The number of para-hydroxylation sites is 1. The van der Waals surface area contributed by atoms with Gasteiger partial charge in [-0.25, -0.2) is 9.97 Å². The van der Waals surface area contributed by atoms with E-state index in [1.54, 1.807) is 50.6 Å². The number of hydrogen-bond acceptors (Lipinski definition) is 8. The van der Waals surface area contributed by atoms with Crippen LogP contribution in [0.25, 0.3) is 10.9 Å². The van der Waals surface area contributed by atoms with Crippen molar-refractivity contribution in [2.45, 2.75) is 6.18 Å². The Labute approximate surface area is 217 Å². The second-order valence-corrected chi connectivity index (χ2v) is 7.97. The first-order valence-corrected chi connectivity index (χ1v) is 11.6. The second-order valence-electron chi connectivity index (χ2n) is 7.97. The van der Waals surface area contributed by atoms with Gasteiger partial charge in [-0.2, -0.15) is 13.2 Å². The van der Waals surface area contributed by atoms with Crippen molar-refractivity contribution in [2.75, 3.05) is 46.0 Å². The zero-order chi connectivity index (χ0) is 27.0. The Morgan fingerprint density at radius 1 is 0.763 bits per heavy atom. The van der Waals surface area contributed by atoms with Gasteiger partial charge in [0, 0.05) is 31.4 Å². The lowest BCUT2D eigenvalue weighted by Gasteiger charge is -2.15. The zero-order valence-corrected chi connectivity index (χ0v) is 20.7. The molecule has 38 heavy (non-hydrogen) atoms. The lowest BCUT2D eigenvalue weighted by Crippen LogP contribution is -2.09. The lowest BCUT2D eigenvalue weighted by atomic mass is 10.2. The van der Waals surface area contributed by atoms with Gasteiger partial charge in [-0.1, -0.05) is 12.1 Å². The predicted octanol–water partition coefficient (Wildman–Crippen LogP) is 6.23. The quantitative estimate of drug-likeness (QED) is 0.216. The number of benzene rings is 3. The minimum Gasteiger partial charge on any atom is -0.487 e. The van der Waals surface area contributed by atoms with Gasteiger partial charge in [0.25, 0.3) is 0 Å². The highest BCUT2D eigenvalue weighted by atomic mass is 19.4. The van der Waals surface area contributed by atoms with Crippen LogP contribution in [-0.4, -0.2) is 50.6 Å². The van der Waals surface area contributed by atoms with Crippen molar-refractivity contribution in [3.05, 3.63) is 72.6 Å². The smallest absolute Gasteiger partial charge is 0.419 e. The molecule has 0 atom stereocenters. The van der Waals surface area contributed by atoms with Gasteiger partial charge in [0.2, 0.25) is 0 Å². The van der Waals surface area contributed by atoms with E-state index in [9.17, 15) is 13.2 Å². The molecule has 11 heteroatoms. The van der Waals surface area contributed by atoms with Crippen LogP contribution >= 0.6 is 0 Å². The van der Waals surface area contributed by atoms with E-state index >= 15 is 0 Å². The van der Waals surface area contributed by atoms with Crippen molar-refractivity contribution in [3.8, 4) is 23.0 Å². The number of hydrogen-bond donors (Lipinski definition) is 1. The van der Waals surface area contributed by atoms with Crippen molar-refractivity contribution in [3.63, 3.8) is 0 Å². The largest absolute Gasteiger partial charge is 0.487 e. The van der Waals surface area contributed by atoms with Crippen LogP contribution in [0, 0.1) is 0 Å². The molecule has 0 radical (unpaired) electrons. The van der Waals surface area contributed by atoms with Gasteiger partial charge < -0.3 is 29.0 Å². The summed E-state index contributed by atoms with van der Waals surface area (Å²) in [6.07, 6.45) is -3.10. The third-order valence-electron chi connectivity index (χ3n) is 5.33. The number of anilines is 2. The van der Waals surface area contributed by atoms with Gasteiger partial charge in [0.15, 0.2) is 11.5 Å². The van der Waals surface area contributed by atoms with Crippen LogP contribution in [0.15, 0.2) is 67.0 Å². The van der Waals surface area contributed by atoms with Gasteiger partial charge in [0.05, 0.1) is 24.3 Å². The number of fused-ring (bicyclic) bond motifs is 1. The van der Waals surface area contributed by atoms with E-state index in [0.29, 0.717) is 60.3 Å². The Hall–Kier alpha value is -4.09. The normalized spacial score (nSPS) is 11.4. The summed E-state index contributed by atoms with van der Waals surface area (Å²) in [6, 6.07) is 15.1. The van der Waals surface area contributed by atoms with Crippen LogP contribution < -0.4 is 19.5 Å². The number of ether oxygens (including phenoxy) is 5. The SMILES string of the molecule is COCCOc1cc2ncnc(Nc3ccc(Oc4ccccc4C(F)(F)F)cc3)c2cc1OCCOC. The molecule has 0 saturated carbocycles. The van der Waals surface area contributed by atoms with Crippen LogP contribution in [0.1, 0.15) is 5.56 Å². The summed E-state index contributed by atoms with van der Waals surface area (Å²) in [6.45, 7) is 1.46. The van der Waals surface area contributed by atoms with E-state index in [-0.39, 0.29) is 11.5 Å². The van der Waals surface area contributed by atoms with Crippen LogP contribution in [0.2, 0.25) is 0 Å². The summed E-state index contributed by atoms with van der Waals surface area (Å²) in [4.78, 5) is 8.70. The first-order valence-electron chi connectivity index (χ1n) is 11.6. The summed E-state index contributed by atoms with van der Waals surface area (Å²) in [5.41, 5.74) is 0.421. The maximum atomic E-state index is 13.3. The molecule has 0 unspecified atom stereocenters. The standard InChI is InChI=1S/C27H26F3N3O5/c1-34-11-13-36-24-15-20-22(16-25(24)37-14-12-35-2)31-17-32-26(20)33-18-7-9-19(10-8-18)38-23-6-4-3-5-21(23)27(28,29)30/h3-10,15-17H,11-14H2,1-2H3,(H,31,32,33). The van der Waals surface area contributed by atoms with Gasteiger partial charge in [-0.3, -0.25) is 0 Å². The Balaban J connectivity index is 1.56. The average Bonchev–Trinajstić information content (AvgIpc) is 2.90. The molecule has 0 saturated heterocycles. The first-order chi connectivity index (χ1) is 18.4. The molecule has 1 heterocycles. The summed E-state index contributed by atoms with van der Waals surface area (Å²) in [5, 5.41) is 3.89. The molecule has 0 spiro atoms. The number of aromatic nitrogens is 2. The van der Waals surface area contributed by atoms with E-state index in [1.807, 2.05) is 0 Å². The third kappa shape index (κ3) is 6.81. The summed E-state index contributed by atoms with van der Waals surface area (Å²) in [7, 11) is 3.17. The number of halogens is 3. The maximum Gasteiger partial charge on any atom is 0.419 e. The fourth-order valence-electron chi connectivity index (χ4n) is 3.52. The number of alkyl halides is 3. The summed E-state index contributed by atoms with van der Waals surface area (Å²) >= 11 is 0. The van der Waals surface area contributed by atoms with E-state index < -0.39 is 11.7 Å². The second kappa shape index (κ2) is 12.4. The first kappa shape index (κ1) is 27.0. The number of nitrogens with one attached hydrogen (secondary N) is 1. The fourth-order valence-corrected chi connectivity index (χ4v) is 3.52. The van der Waals surface area contributed by atoms with Crippen LogP contribution in [0.5, 0.6) is 23.0 Å². The Kier molecular flexibility index (Phi) is 8.82. The van der Waals surface area contributed by atoms with E-state index in [0.717, 1.165) is 6.07 Å². The highest BCUT2D eigenvalue weighted by Gasteiger charge is 2.34. The van der Waals surface area contributed by atoms with Crippen molar-refractivity contribution < 1.29 is 36.9 Å². The minimum atomic E-state index is -4.52. The van der Waals surface area contributed by atoms with Crippen molar-refractivity contribution in [1.29, 1.82) is 0 Å². The van der Waals surface area contributed by atoms with Crippen LogP contribution in [0.4, 0.5) is 24.7 Å².